The molecule has 0 fully saturated rings. The highest BCUT2D eigenvalue weighted by atomic mass is 15.1. The molecule has 21 heavy (non-hydrogen) atoms. The summed E-state index contributed by atoms with van der Waals surface area (Å²) in [4.78, 5) is 2.56. The lowest BCUT2D eigenvalue weighted by Crippen LogP contribution is -2.21. The maximum atomic E-state index is 5.98. The number of anilines is 1. The van der Waals surface area contributed by atoms with Crippen LogP contribution in [-0.2, 0) is 6.42 Å². The number of rotatable bonds is 9. The summed E-state index contributed by atoms with van der Waals surface area (Å²) >= 11 is 0. The number of unbranched alkanes of at least 4 members (excludes halogenated alkanes) is 6. The van der Waals surface area contributed by atoms with E-state index in [1.165, 1.54) is 81.3 Å². The molecule has 118 valence electrons. The third-order valence-corrected chi connectivity index (χ3v) is 4.65. The molecule has 1 unspecified atom stereocenters. The first-order valence-corrected chi connectivity index (χ1v) is 8.85. The zero-order valence-corrected chi connectivity index (χ0v) is 13.9. The molecular weight excluding hydrogens is 256 g/mol. The summed E-state index contributed by atoms with van der Waals surface area (Å²) < 4.78 is 0. The molecule has 0 amide bonds. The predicted octanol–water partition coefficient (Wildman–Crippen LogP) is 4.82. The van der Waals surface area contributed by atoms with Gasteiger partial charge in [-0.3, -0.25) is 0 Å². The fourth-order valence-electron chi connectivity index (χ4n) is 3.27. The Morgan fingerprint density at radius 3 is 2.52 bits per heavy atom. The second-order valence-electron chi connectivity index (χ2n) is 6.54. The van der Waals surface area contributed by atoms with E-state index in [0.29, 0.717) is 0 Å². The van der Waals surface area contributed by atoms with Crippen molar-refractivity contribution in [3.8, 4) is 0 Å². The monoisotopic (exact) mass is 288 g/mol. The Kier molecular flexibility index (Phi) is 6.56. The van der Waals surface area contributed by atoms with Gasteiger partial charge in [0.05, 0.1) is 0 Å². The Morgan fingerprint density at radius 2 is 1.81 bits per heavy atom. The van der Waals surface area contributed by atoms with Crippen LogP contribution in [0.5, 0.6) is 0 Å². The fraction of sp³-hybridized carbons (Fsp3) is 0.684. The van der Waals surface area contributed by atoms with Crippen LogP contribution in [0.3, 0.4) is 0 Å². The van der Waals surface area contributed by atoms with Gasteiger partial charge in [0.1, 0.15) is 0 Å². The van der Waals surface area contributed by atoms with E-state index in [1.54, 1.807) is 0 Å². The smallest absolute Gasteiger partial charge is 0.0399 e. The highest BCUT2D eigenvalue weighted by Crippen LogP contribution is 2.30. The molecule has 2 N–H and O–H groups in total. The van der Waals surface area contributed by atoms with Crippen molar-refractivity contribution < 1.29 is 0 Å². The Bertz CT molecular complexity index is 426. The van der Waals surface area contributed by atoms with Gasteiger partial charge in [0.15, 0.2) is 0 Å². The van der Waals surface area contributed by atoms with Crippen molar-refractivity contribution in [2.45, 2.75) is 71.3 Å². The Balaban J connectivity index is 1.73. The predicted molar refractivity (Wildman–Crippen MR) is 93.0 cm³/mol. The highest BCUT2D eigenvalue weighted by Gasteiger charge is 2.19. The number of nitrogens with zero attached hydrogens (tertiary/aromatic N) is 1. The third kappa shape index (κ3) is 4.74. The maximum absolute atomic E-state index is 5.98. The Hall–Kier alpha value is -1.02. The van der Waals surface area contributed by atoms with Gasteiger partial charge in [0.25, 0.3) is 0 Å². The van der Waals surface area contributed by atoms with Gasteiger partial charge in [-0.25, -0.2) is 0 Å². The standard InChI is InChI=1S/C19H32N2/c1-3-4-5-6-7-8-9-13-21-14-12-18-15-17(16(2)20)10-11-19(18)21/h10-11,15-16H,3-9,12-14,20H2,1-2H3. The minimum absolute atomic E-state index is 0.146. The number of fused-ring (bicyclic) bond motifs is 1. The van der Waals surface area contributed by atoms with Gasteiger partial charge in [0, 0.05) is 24.8 Å². The number of hydrogen-bond donors (Lipinski definition) is 1. The van der Waals surface area contributed by atoms with Crippen LogP contribution in [-0.4, -0.2) is 13.1 Å². The summed E-state index contributed by atoms with van der Waals surface area (Å²) in [5, 5.41) is 0. The van der Waals surface area contributed by atoms with Crippen molar-refractivity contribution >= 4 is 5.69 Å². The summed E-state index contributed by atoms with van der Waals surface area (Å²) in [7, 11) is 0. The lowest BCUT2D eigenvalue weighted by Gasteiger charge is -2.19. The maximum Gasteiger partial charge on any atom is 0.0399 e. The van der Waals surface area contributed by atoms with E-state index >= 15 is 0 Å². The van der Waals surface area contributed by atoms with Gasteiger partial charge in [-0.15, -0.1) is 0 Å². The molecule has 2 heteroatoms. The van der Waals surface area contributed by atoms with Crippen molar-refractivity contribution in [3.63, 3.8) is 0 Å². The molecule has 1 aromatic rings. The Labute approximate surface area is 130 Å². The molecule has 0 aromatic heterocycles. The average molecular weight is 288 g/mol. The molecule has 1 aliphatic rings. The van der Waals surface area contributed by atoms with E-state index in [9.17, 15) is 0 Å². The zero-order chi connectivity index (χ0) is 15.1. The summed E-state index contributed by atoms with van der Waals surface area (Å²) in [6.07, 6.45) is 10.9. The number of hydrogen-bond acceptors (Lipinski definition) is 2. The molecule has 2 rings (SSSR count). The van der Waals surface area contributed by atoms with Gasteiger partial charge in [0.2, 0.25) is 0 Å². The quantitative estimate of drug-likeness (QED) is 0.660. The van der Waals surface area contributed by atoms with Gasteiger partial charge < -0.3 is 10.6 Å². The molecular formula is C19H32N2. The van der Waals surface area contributed by atoms with Crippen LogP contribution in [0.25, 0.3) is 0 Å². The molecule has 1 aromatic carbocycles. The van der Waals surface area contributed by atoms with Gasteiger partial charge >= 0.3 is 0 Å². The first-order chi connectivity index (χ1) is 10.2. The van der Waals surface area contributed by atoms with E-state index in [4.69, 9.17) is 5.73 Å². The zero-order valence-electron chi connectivity index (χ0n) is 13.9. The molecule has 0 radical (unpaired) electrons. The fourth-order valence-corrected chi connectivity index (χ4v) is 3.27. The summed E-state index contributed by atoms with van der Waals surface area (Å²) in [5.74, 6) is 0. The molecule has 0 saturated heterocycles. The van der Waals surface area contributed by atoms with Crippen LogP contribution in [0.1, 0.15) is 76.0 Å². The van der Waals surface area contributed by atoms with E-state index in [-0.39, 0.29) is 6.04 Å². The topological polar surface area (TPSA) is 29.3 Å². The summed E-state index contributed by atoms with van der Waals surface area (Å²) in [6, 6.07) is 6.94. The minimum Gasteiger partial charge on any atom is -0.371 e. The van der Waals surface area contributed by atoms with Crippen molar-refractivity contribution in [2.75, 3.05) is 18.0 Å². The number of nitrogens with two attached hydrogens (primary N) is 1. The molecule has 0 aliphatic carbocycles. The molecule has 2 nitrogen and oxygen atoms in total. The average Bonchev–Trinajstić information content (AvgIpc) is 2.88. The lowest BCUT2D eigenvalue weighted by molar-refractivity contribution is 0.585. The molecule has 0 bridgehead atoms. The van der Waals surface area contributed by atoms with Gasteiger partial charge in [-0.05, 0) is 37.0 Å². The van der Waals surface area contributed by atoms with Crippen molar-refractivity contribution in [3.05, 3.63) is 29.3 Å². The van der Waals surface area contributed by atoms with Crippen molar-refractivity contribution in [1.29, 1.82) is 0 Å². The van der Waals surface area contributed by atoms with Crippen LogP contribution in [0.2, 0.25) is 0 Å². The van der Waals surface area contributed by atoms with Crippen molar-refractivity contribution in [1.82, 2.24) is 0 Å². The normalized spacial score (nSPS) is 15.3. The third-order valence-electron chi connectivity index (χ3n) is 4.65. The van der Waals surface area contributed by atoms with Crippen LogP contribution in [0.15, 0.2) is 18.2 Å². The van der Waals surface area contributed by atoms with E-state index in [1.807, 2.05) is 0 Å². The Morgan fingerprint density at radius 1 is 1.10 bits per heavy atom. The highest BCUT2D eigenvalue weighted by molar-refractivity contribution is 5.59. The van der Waals surface area contributed by atoms with Gasteiger partial charge in [-0.1, -0.05) is 57.6 Å². The first-order valence-electron chi connectivity index (χ1n) is 8.85. The molecule has 1 atom stereocenters. The molecule has 0 saturated carbocycles. The van der Waals surface area contributed by atoms with Crippen LogP contribution in [0, 0.1) is 0 Å². The van der Waals surface area contributed by atoms with E-state index in [2.05, 4.69) is 36.9 Å². The second-order valence-corrected chi connectivity index (χ2v) is 6.54. The first kappa shape index (κ1) is 16.4. The number of benzene rings is 1. The molecule has 1 heterocycles. The SMILES string of the molecule is CCCCCCCCCN1CCc2cc(C(C)N)ccc21. The lowest BCUT2D eigenvalue weighted by atomic mass is 10.0. The largest absolute Gasteiger partial charge is 0.371 e. The second kappa shape index (κ2) is 8.43. The van der Waals surface area contributed by atoms with Crippen LogP contribution >= 0.6 is 0 Å². The van der Waals surface area contributed by atoms with Crippen LogP contribution < -0.4 is 10.6 Å². The van der Waals surface area contributed by atoms with Crippen molar-refractivity contribution in [2.24, 2.45) is 5.73 Å². The summed E-state index contributed by atoms with van der Waals surface area (Å²) in [6.45, 7) is 6.75. The van der Waals surface area contributed by atoms with E-state index in [0.717, 1.165) is 0 Å². The minimum atomic E-state index is 0.146. The molecule has 0 spiro atoms. The molecule has 1 aliphatic heterocycles. The van der Waals surface area contributed by atoms with Gasteiger partial charge in [-0.2, -0.15) is 0 Å². The van der Waals surface area contributed by atoms with Crippen LogP contribution in [0.4, 0.5) is 5.69 Å². The van der Waals surface area contributed by atoms with E-state index < -0.39 is 0 Å². The summed E-state index contributed by atoms with van der Waals surface area (Å²) in [5.41, 5.74) is 10.2.